The predicted molar refractivity (Wildman–Crippen MR) is 78.4 cm³/mol. The van der Waals surface area contributed by atoms with Crippen LogP contribution in [0.25, 0.3) is 0 Å². The Kier molecular flexibility index (Phi) is 6.01. The molecule has 0 aliphatic heterocycles. The van der Waals surface area contributed by atoms with Crippen LogP contribution in [-0.2, 0) is 4.79 Å². The molecule has 2 N–H and O–H groups in total. The Hall–Kier alpha value is -2.06. The van der Waals surface area contributed by atoms with E-state index in [1.165, 1.54) is 0 Å². The van der Waals surface area contributed by atoms with Crippen molar-refractivity contribution < 1.29 is 9.90 Å². The van der Waals surface area contributed by atoms with Crippen LogP contribution in [0, 0.1) is 11.3 Å². The van der Waals surface area contributed by atoms with Crippen molar-refractivity contribution in [3.05, 3.63) is 29.3 Å². The average Bonchev–Trinajstić information content (AvgIpc) is 2.44. The maximum atomic E-state index is 11.7. The highest BCUT2D eigenvalue weighted by Gasteiger charge is 2.16. The van der Waals surface area contributed by atoms with Crippen LogP contribution >= 0.6 is 0 Å². The smallest absolute Gasteiger partial charge is 0.239 e. The zero-order valence-electron chi connectivity index (χ0n) is 12.2. The van der Waals surface area contributed by atoms with Gasteiger partial charge in [0.15, 0.2) is 0 Å². The lowest BCUT2D eigenvalue weighted by atomic mass is 10.0. The van der Waals surface area contributed by atoms with Gasteiger partial charge in [-0.1, -0.05) is 6.07 Å². The standard InChI is InChI=1S/C15H21N3O2/c1-4-17-15(20)10-18(5-2)14-8-12(9-16)6-7-13(14)11(3)19/h6-8,11,19H,4-5,10H2,1-3H3,(H,17,20). The molecule has 0 aliphatic rings. The molecule has 0 aromatic heterocycles. The number of nitriles is 1. The van der Waals surface area contributed by atoms with Gasteiger partial charge in [0.1, 0.15) is 0 Å². The molecule has 108 valence electrons. The number of anilines is 1. The van der Waals surface area contributed by atoms with Crippen LogP contribution in [0.2, 0.25) is 0 Å². The summed E-state index contributed by atoms with van der Waals surface area (Å²) in [7, 11) is 0. The van der Waals surface area contributed by atoms with E-state index in [2.05, 4.69) is 11.4 Å². The van der Waals surface area contributed by atoms with Crippen molar-refractivity contribution in [2.75, 3.05) is 24.5 Å². The number of nitrogens with zero attached hydrogens (tertiary/aromatic N) is 2. The van der Waals surface area contributed by atoms with Crippen molar-refractivity contribution in [2.24, 2.45) is 0 Å². The molecule has 1 aromatic carbocycles. The third-order valence-electron chi connectivity index (χ3n) is 3.04. The number of likely N-dealkylation sites (N-methyl/N-ethyl adjacent to an activating group) is 2. The quantitative estimate of drug-likeness (QED) is 0.826. The van der Waals surface area contributed by atoms with Gasteiger partial charge in [-0.3, -0.25) is 4.79 Å². The van der Waals surface area contributed by atoms with E-state index in [1.807, 2.05) is 18.7 Å². The second-order valence-corrected chi connectivity index (χ2v) is 4.53. The van der Waals surface area contributed by atoms with Crippen molar-refractivity contribution in [1.29, 1.82) is 5.26 Å². The molecule has 1 aromatic rings. The van der Waals surface area contributed by atoms with E-state index in [-0.39, 0.29) is 12.5 Å². The van der Waals surface area contributed by atoms with E-state index < -0.39 is 6.10 Å². The van der Waals surface area contributed by atoms with Crippen LogP contribution in [0.5, 0.6) is 0 Å². The van der Waals surface area contributed by atoms with Gasteiger partial charge in [-0.2, -0.15) is 5.26 Å². The number of aliphatic hydroxyl groups excluding tert-OH is 1. The van der Waals surface area contributed by atoms with Crippen LogP contribution < -0.4 is 10.2 Å². The fourth-order valence-electron chi connectivity index (χ4n) is 2.03. The monoisotopic (exact) mass is 275 g/mol. The fraction of sp³-hybridized carbons (Fsp3) is 0.467. The predicted octanol–water partition coefficient (Wildman–Crippen LogP) is 1.57. The molecule has 20 heavy (non-hydrogen) atoms. The molecule has 1 atom stereocenters. The maximum Gasteiger partial charge on any atom is 0.239 e. The molecule has 5 heteroatoms. The minimum atomic E-state index is -0.652. The van der Waals surface area contributed by atoms with Gasteiger partial charge in [0.2, 0.25) is 5.91 Å². The van der Waals surface area contributed by atoms with Gasteiger partial charge in [0.05, 0.1) is 24.3 Å². The number of amides is 1. The van der Waals surface area contributed by atoms with Gasteiger partial charge in [-0.25, -0.2) is 0 Å². The summed E-state index contributed by atoms with van der Waals surface area (Å²) in [4.78, 5) is 13.6. The molecular formula is C15H21N3O2. The number of benzene rings is 1. The van der Waals surface area contributed by atoms with E-state index in [0.29, 0.717) is 18.7 Å². The summed E-state index contributed by atoms with van der Waals surface area (Å²) < 4.78 is 0. The van der Waals surface area contributed by atoms with Crippen LogP contribution in [0.1, 0.15) is 38.0 Å². The van der Waals surface area contributed by atoms with Gasteiger partial charge >= 0.3 is 0 Å². The van der Waals surface area contributed by atoms with Crippen molar-refractivity contribution in [3.8, 4) is 6.07 Å². The summed E-state index contributed by atoms with van der Waals surface area (Å²) in [5, 5.41) is 21.6. The Balaban J connectivity index is 3.12. The average molecular weight is 275 g/mol. The second-order valence-electron chi connectivity index (χ2n) is 4.53. The molecule has 0 saturated carbocycles. The van der Waals surface area contributed by atoms with Gasteiger partial charge < -0.3 is 15.3 Å². The normalized spacial score (nSPS) is 11.6. The van der Waals surface area contributed by atoms with Crippen molar-refractivity contribution in [2.45, 2.75) is 26.9 Å². The van der Waals surface area contributed by atoms with Crippen LogP contribution in [-0.4, -0.2) is 30.6 Å². The van der Waals surface area contributed by atoms with E-state index in [9.17, 15) is 9.90 Å². The molecule has 1 rings (SSSR count). The summed E-state index contributed by atoms with van der Waals surface area (Å²) in [5.41, 5.74) is 1.96. The molecule has 0 heterocycles. The van der Waals surface area contributed by atoms with Crippen molar-refractivity contribution in [3.63, 3.8) is 0 Å². The molecule has 0 saturated heterocycles. The lowest BCUT2D eigenvalue weighted by Gasteiger charge is -2.26. The molecule has 0 bridgehead atoms. The Morgan fingerprint density at radius 3 is 2.70 bits per heavy atom. The summed E-state index contributed by atoms with van der Waals surface area (Å²) in [5.74, 6) is -0.0757. The van der Waals surface area contributed by atoms with Gasteiger partial charge in [-0.05, 0) is 32.9 Å². The molecule has 0 aliphatic carbocycles. The first kappa shape index (κ1) is 16.0. The van der Waals surface area contributed by atoms with Gasteiger partial charge in [-0.15, -0.1) is 0 Å². The molecule has 0 radical (unpaired) electrons. The lowest BCUT2D eigenvalue weighted by Crippen LogP contribution is -2.37. The molecular weight excluding hydrogens is 254 g/mol. The first-order chi connectivity index (χ1) is 9.53. The summed E-state index contributed by atoms with van der Waals surface area (Å²) in [6.07, 6.45) is -0.652. The number of rotatable bonds is 6. The lowest BCUT2D eigenvalue weighted by molar-refractivity contribution is -0.119. The van der Waals surface area contributed by atoms with Crippen LogP contribution in [0.15, 0.2) is 18.2 Å². The maximum absolute atomic E-state index is 11.7. The minimum absolute atomic E-state index is 0.0757. The number of aliphatic hydroxyl groups is 1. The first-order valence-corrected chi connectivity index (χ1v) is 6.77. The van der Waals surface area contributed by atoms with E-state index >= 15 is 0 Å². The zero-order valence-corrected chi connectivity index (χ0v) is 12.2. The number of nitrogens with one attached hydrogen (secondary N) is 1. The van der Waals surface area contributed by atoms with E-state index in [0.717, 1.165) is 11.3 Å². The van der Waals surface area contributed by atoms with Gasteiger partial charge in [0.25, 0.3) is 0 Å². The first-order valence-electron chi connectivity index (χ1n) is 6.77. The van der Waals surface area contributed by atoms with Crippen molar-refractivity contribution >= 4 is 11.6 Å². The zero-order chi connectivity index (χ0) is 15.1. The summed E-state index contributed by atoms with van der Waals surface area (Å²) >= 11 is 0. The van der Waals surface area contributed by atoms with E-state index in [4.69, 9.17) is 5.26 Å². The number of hydrogen-bond acceptors (Lipinski definition) is 4. The molecule has 1 unspecified atom stereocenters. The molecule has 0 spiro atoms. The minimum Gasteiger partial charge on any atom is -0.389 e. The van der Waals surface area contributed by atoms with Crippen LogP contribution in [0.3, 0.4) is 0 Å². The highest BCUT2D eigenvalue weighted by molar-refractivity contribution is 5.81. The molecule has 0 fully saturated rings. The largest absolute Gasteiger partial charge is 0.389 e. The topological polar surface area (TPSA) is 76.4 Å². The third-order valence-corrected chi connectivity index (χ3v) is 3.04. The number of hydrogen-bond donors (Lipinski definition) is 2. The SMILES string of the molecule is CCNC(=O)CN(CC)c1cc(C#N)ccc1C(C)O. The Morgan fingerprint density at radius 1 is 1.50 bits per heavy atom. The Morgan fingerprint density at radius 2 is 2.20 bits per heavy atom. The third kappa shape index (κ3) is 3.97. The summed E-state index contributed by atoms with van der Waals surface area (Å²) in [6, 6.07) is 7.20. The highest BCUT2D eigenvalue weighted by atomic mass is 16.3. The number of carbonyl (C=O) groups is 1. The number of carbonyl (C=O) groups excluding carboxylic acids is 1. The molecule has 1 amide bonds. The Labute approximate surface area is 119 Å². The highest BCUT2D eigenvalue weighted by Crippen LogP contribution is 2.27. The second kappa shape index (κ2) is 7.51. The van der Waals surface area contributed by atoms with Gasteiger partial charge in [0, 0.05) is 24.3 Å². The van der Waals surface area contributed by atoms with Crippen molar-refractivity contribution in [1.82, 2.24) is 5.32 Å². The molecule has 5 nitrogen and oxygen atoms in total. The Bertz CT molecular complexity index is 506. The summed E-state index contributed by atoms with van der Waals surface area (Å²) in [6.45, 7) is 6.88. The fourth-order valence-corrected chi connectivity index (χ4v) is 2.03. The van der Waals surface area contributed by atoms with E-state index in [1.54, 1.807) is 25.1 Å². The van der Waals surface area contributed by atoms with Crippen LogP contribution in [0.4, 0.5) is 5.69 Å².